The van der Waals surface area contributed by atoms with Crippen LogP contribution in [0.3, 0.4) is 0 Å². The molecule has 2 aliphatic heterocycles. The van der Waals surface area contributed by atoms with Gasteiger partial charge in [0.15, 0.2) is 0 Å². The van der Waals surface area contributed by atoms with E-state index in [4.69, 9.17) is 4.74 Å². The van der Waals surface area contributed by atoms with Crippen LogP contribution in [0.15, 0.2) is 48.5 Å². The molecule has 6 nitrogen and oxygen atoms in total. The van der Waals surface area contributed by atoms with Gasteiger partial charge in [0.1, 0.15) is 6.61 Å². The number of nitrogens with zero attached hydrogens (tertiary/aromatic N) is 1. The predicted molar refractivity (Wildman–Crippen MR) is 109 cm³/mol. The van der Waals surface area contributed by atoms with Crippen LogP contribution in [0.25, 0.3) is 0 Å². The van der Waals surface area contributed by atoms with Crippen LogP contribution in [-0.4, -0.2) is 44.2 Å². The zero-order chi connectivity index (χ0) is 19.5. The van der Waals surface area contributed by atoms with Crippen LogP contribution >= 0.6 is 0 Å². The summed E-state index contributed by atoms with van der Waals surface area (Å²) in [6.45, 7) is 3.72. The molecule has 2 amide bonds. The first-order valence-corrected chi connectivity index (χ1v) is 9.66. The van der Waals surface area contributed by atoms with Crippen molar-refractivity contribution in [2.45, 2.75) is 25.3 Å². The summed E-state index contributed by atoms with van der Waals surface area (Å²) in [6.07, 6.45) is 0.804. The van der Waals surface area contributed by atoms with Gasteiger partial charge in [0.05, 0.1) is 19.2 Å². The summed E-state index contributed by atoms with van der Waals surface area (Å²) in [6, 6.07) is 16.0. The molecule has 2 aliphatic rings. The van der Waals surface area contributed by atoms with E-state index in [1.165, 1.54) is 5.56 Å². The average molecular weight is 379 g/mol. The summed E-state index contributed by atoms with van der Waals surface area (Å²) in [5.41, 5.74) is 4.21. The summed E-state index contributed by atoms with van der Waals surface area (Å²) >= 11 is 0. The molecular formula is C22H25N3O3. The minimum absolute atomic E-state index is 0.0139. The van der Waals surface area contributed by atoms with Crippen molar-refractivity contribution in [3.05, 3.63) is 59.7 Å². The molecule has 1 fully saturated rings. The zero-order valence-electron chi connectivity index (χ0n) is 16.0. The largest absolute Gasteiger partial charge is 0.370 e. The summed E-state index contributed by atoms with van der Waals surface area (Å²) in [7, 11) is 0. The van der Waals surface area contributed by atoms with E-state index in [1.807, 2.05) is 43.3 Å². The molecule has 0 saturated carbocycles. The van der Waals surface area contributed by atoms with Crippen LogP contribution in [-0.2, 0) is 14.3 Å². The fourth-order valence-electron chi connectivity index (χ4n) is 4.09. The molecule has 0 bridgehead atoms. The van der Waals surface area contributed by atoms with Gasteiger partial charge in [-0.25, -0.2) is 0 Å². The third-order valence-corrected chi connectivity index (χ3v) is 5.40. The lowest BCUT2D eigenvalue weighted by Gasteiger charge is -2.26. The Labute approximate surface area is 164 Å². The van der Waals surface area contributed by atoms with E-state index in [0.717, 1.165) is 29.9 Å². The number of carbonyl (C=O) groups excluding carboxylic acids is 2. The van der Waals surface area contributed by atoms with Crippen molar-refractivity contribution in [2.24, 2.45) is 0 Å². The number of aryl methyl sites for hydroxylation is 1. The molecule has 28 heavy (non-hydrogen) atoms. The molecule has 0 radical (unpaired) electrons. The van der Waals surface area contributed by atoms with Gasteiger partial charge in [-0.3, -0.25) is 9.59 Å². The van der Waals surface area contributed by atoms with Crippen molar-refractivity contribution < 1.29 is 14.3 Å². The quantitative estimate of drug-likeness (QED) is 0.837. The molecule has 146 valence electrons. The van der Waals surface area contributed by atoms with Crippen molar-refractivity contribution in [3.8, 4) is 0 Å². The highest BCUT2D eigenvalue weighted by Gasteiger charge is 2.32. The molecule has 2 atom stereocenters. The summed E-state index contributed by atoms with van der Waals surface area (Å²) in [4.78, 5) is 26.4. The SMILES string of the molecule is Cc1ccccc1NC(=O)CN1CC(CC2COCC(=O)N2)c2ccccc21. The molecular weight excluding hydrogens is 354 g/mol. The van der Waals surface area contributed by atoms with Gasteiger partial charge in [-0.05, 0) is 36.6 Å². The van der Waals surface area contributed by atoms with Crippen molar-refractivity contribution in [1.29, 1.82) is 0 Å². The fraction of sp³-hybridized carbons (Fsp3) is 0.364. The molecule has 0 spiro atoms. The minimum atomic E-state index is -0.0583. The first-order valence-electron chi connectivity index (χ1n) is 9.66. The molecule has 2 aromatic carbocycles. The van der Waals surface area contributed by atoms with Crippen LogP contribution in [0.5, 0.6) is 0 Å². The first kappa shape index (κ1) is 18.5. The summed E-state index contributed by atoms with van der Waals surface area (Å²) < 4.78 is 5.37. The average Bonchev–Trinajstić information content (AvgIpc) is 3.01. The maximum atomic E-state index is 12.6. The number of amides is 2. The minimum Gasteiger partial charge on any atom is -0.370 e. The maximum absolute atomic E-state index is 12.6. The monoisotopic (exact) mass is 379 g/mol. The zero-order valence-corrected chi connectivity index (χ0v) is 16.0. The van der Waals surface area contributed by atoms with Crippen molar-refractivity contribution >= 4 is 23.2 Å². The topological polar surface area (TPSA) is 70.7 Å². The number of rotatable bonds is 5. The van der Waals surface area contributed by atoms with Gasteiger partial charge in [0, 0.05) is 23.8 Å². The number of nitrogens with one attached hydrogen (secondary N) is 2. The van der Waals surface area contributed by atoms with Gasteiger partial charge in [-0.2, -0.15) is 0 Å². The molecule has 2 heterocycles. The van der Waals surface area contributed by atoms with Gasteiger partial charge < -0.3 is 20.3 Å². The third-order valence-electron chi connectivity index (χ3n) is 5.40. The lowest BCUT2D eigenvalue weighted by Crippen LogP contribution is -2.46. The van der Waals surface area contributed by atoms with E-state index in [0.29, 0.717) is 13.2 Å². The Morgan fingerprint density at radius 1 is 1.21 bits per heavy atom. The Kier molecular flexibility index (Phi) is 5.30. The fourth-order valence-corrected chi connectivity index (χ4v) is 4.09. The van der Waals surface area contributed by atoms with Gasteiger partial charge in [0.25, 0.3) is 0 Å². The lowest BCUT2D eigenvalue weighted by molar-refractivity contribution is -0.131. The Hall–Kier alpha value is -2.86. The molecule has 2 unspecified atom stereocenters. The molecule has 0 aromatic heterocycles. The second-order valence-corrected chi connectivity index (χ2v) is 7.51. The second kappa shape index (κ2) is 8.02. The highest BCUT2D eigenvalue weighted by atomic mass is 16.5. The standard InChI is InChI=1S/C22H25N3O3/c1-15-6-2-4-8-19(15)24-21(26)12-25-11-16(18-7-3-5-9-20(18)25)10-17-13-28-14-22(27)23-17/h2-9,16-17H,10-14H2,1H3,(H,23,27)(H,24,26). The second-order valence-electron chi connectivity index (χ2n) is 7.51. The molecule has 4 rings (SSSR count). The van der Waals surface area contributed by atoms with Crippen LogP contribution in [0.4, 0.5) is 11.4 Å². The van der Waals surface area contributed by atoms with Crippen LogP contribution in [0.1, 0.15) is 23.5 Å². The smallest absolute Gasteiger partial charge is 0.246 e. The number of carbonyl (C=O) groups is 2. The highest BCUT2D eigenvalue weighted by molar-refractivity contribution is 5.95. The van der Waals surface area contributed by atoms with E-state index in [-0.39, 0.29) is 30.4 Å². The Balaban J connectivity index is 1.44. The molecule has 1 saturated heterocycles. The van der Waals surface area contributed by atoms with Crippen LogP contribution in [0, 0.1) is 6.92 Å². The third kappa shape index (κ3) is 4.02. The van der Waals surface area contributed by atoms with E-state index in [1.54, 1.807) is 0 Å². The number of ether oxygens (including phenoxy) is 1. The normalized spacial score (nSPS) is 21.2. The Morgan fingerprint density at radius 2 is 2.00 bits per heavy atom. The van der Waals surface area contributed by atoms with E-state index in [2.05, 4.69) is 27.7 Å². The van der Waals surface area contributed by atoms with Gasteiger partial charge in [0.2, 0.25) is 11.8 Å². The van der Waals surface area contributed by atoms with E-state index >= 15 is 0 Å². The number of hydrogen-bond donors (Lipinski definition) is 2. The Morgan fingerprint density at radius 3 is 2.82 bits per heavy atom. The number of fused-ring (bicyclic) bond motifs is 1. The van der Waals surface area contributed by atoms with Crippen molar-refractivity contribution in [1.82, 2.24) is 5.32 Å². The van der Waals surface area contributed by atoms with E-state index in [9.17, 15) is 9.59 Å². The molecule has 6 heteroatoms. The van der Waals surface area contributed by atoms with Gasteiger partial charge in [-0.1, -0.05) is 36.4 Å². The van der Waals surface area contributed by atoms with Crippen molar-refractivity contribution in [2.75, 3.05) is 36.5 Å². The van der Waals surface area contributed by atoms with Crippen LogP contribution < -0.4 is 15.5 Å². The first-order chi connectivity index (χ1) is 13.6. The summed E-state index contributed by atoms with van der Waals surface area (Å²) in [5, 5.41) is 6.02. The maximum Gasteiger partial charge on any atom is 0.246 e. The molecule has 0 aliphatic carbocycles. The number of benzene rings is 2. The number of morpholine rings is 1. The predicted octanol–water partition coefficient (Wildman–Crippen LogP) is 2.44. The number of para-hydroxylation sites is 2. The van der Waals surface area contributed by atoms with Gasteiger partial charge in [-0.15, -0.1) is 0 Å². The number of hydrogen-bond acceptors (Lipinski definition) is 4. The highest BCUT2D eigenvalue weighted by Crippen LogP contribution is 2.38. The van der Waals surface area contributed by atoms with Crippen molar-refractivity contribution in [3.63, 3.8) is 0 Å². The molecule has 2 aromatic rings. The Bertz CT molecular complexity index is 883. The van der Waals surface area contributed by atoms with Crippen LogP contribution in [0.2, 0.25) is 0 Å². The number of anilines is 2. The van der Waals surface area contributed by atoms with E-state index < -0.39 is 0 Å². The lowest BCUT2D eigenvalue weighted by atomic mass is 9.94. The molecule has 2 N–H and O–H groups in total. The summed E-state index contributed by atoms with van der Waals surface area (Å²) in [5.74, 6) is 0.172. The van der Waals surface area contributed by atoms with Gasteiger partial charge >= 0.3 is 0 Å².